The van der Waals surface area contributed by atoms with Gasteiger partial charge in [0.15, 0.2) is 5.82 Å². The van der Waals surface area contributed by atoms with Crippen molar-refractivity contribution in [3.05, 3.63) is 52.0 Å². The smallest absolute Gasteiger partial charge is 0.264 e. The van der Waals surface area contributed by atoms with E-state index in [2.05, 4.69) is 20.7 Å². The molecule has 2 aromatic rings. The predicted octanol–water partition coefficient (Wildman–Crippen LogP) is 3.42. The minimum Gasteiger partial charge on any atom is -0.399 e. The Labute approximate surface area is 129 Å². The van der Waals surface area contributed by atoms with Gasteiger partial charge in [0, 0.05) is 5.69 Å². The second kappa shape index (κ2) is 5.61. The van der Waals surface area contributed by atoms with Crippen molar-refractivity contribution < 1.29 is 17.2 Å². The quantitative estimate of drug-likeness (QED) is 0.806. The molecule has 2 rings (SSSR count). The number of hydrogen-bond donors (Lipinski definition) is 2. The van der Waals surface area contributed by atoms with Gasteiger partial charge >= 0.3 is 0 Å². The number of sulfonamides is 1. The van der Waals surface area contributed by atoms with Crippen LogP contribution in [0.1, 0.15) is 5.56 Å². The van der Waals surface area contributed by atoms with Gasteiger partial charge in [-0.1, -0.05) is 0 Å². The number of nitrogens with one attached hydrogen (secondary N) is 1. The van der Waals surface area contributed by atoms with Crippen LogP contribution in [0.3, 0.4) is 0 Å². The van der Waals surface area contributed by atoms with Crippen LogP contribution in [0.5, 0.6) is 0 Å². The fourth-order valence-electron chi connectivity index (χ4n) is 1.72. The predicted molar refractivity (Wildman–Crippen MR) is 80.5 cm³/mol. The molecule has 0 radical (unpaired) electrons. The van der Waals surface area contributed by atoms with Crippen molar-refractivity contribution in [2.24, 2.45) is 0 Å². The zero-order chi connectivity index (χ0) is 15.8. The van der Waals surface area contributed by atoms with Crippen LogP contribution < -0.4 is 10.5 Å². The third kappa shape index (κ3) is 3.33. The van der Waals surface area contributed by atoms with Crippen molar-refractivity contribution in [2.75, 3.05) is 10.5 Å². The van der Waals surface area contributed by atoms with Crippen molar-refractivity contribution >= 4 is 37.3 Å². The molecule has 4 nitrogen and oxygen atoms in total. The van der Waals surface area contributed by atoms with Crippen molar-refractivity contribution in [1.82, 2.24) is 0 Å². The second-order valence-electron chi connectivity index (χ2n) is 4.38. The molecule has 2 aromatic carbocycles. The molecule has 0 aliphatic heterocycles. The van der Waals surface area contributed by atoms with Crippen molar-refractivity contribution in [3.8, 4) is 0 Å². The van der Waals surface area contributed by atoms with Crippen LogP contribution in [0.2, 0.25) is 0 Å². The number of aryl methyl sites for hydroxylation is 1. The Morgan fingerprint density at radius 2 is 1.86 bits per heavy atom. The molecule has 0 unspecified atom stereocenters. The molecule has 0 spiro atoms. The molecule has 0 aromatic heterocycles. The van der Waals surface area contributed by atoms with Crippen molar-refractivity contribution in [2.45, 2.75) is 11.8 Å². The van der Waals surface area contributed by atoms with Gasteiger partial charge in [0.2, 0.25) is 0 Å². The second-order valence-corrected chi connectivity index (χ2v) is 6.88. The lowest BCUT2D eigenvalue weighted by molar-refractivity contribution is 0.566. The summed E-state index contributed by atoms with van der Waals surface area (Å²) in [5.41, 5.74) is 6.16. The Balaban J connectivity index is 2.48. The summed E-state index contributed by atoms with van der Waals surface area (Å²) in [5, 5.41) is 0. The van der Waals surface area contributed by atoms with Crippen LogP contribution in [0.4, 0.5) is 20.2 Å². The number of hydrogen-bond acceptors (Lipinski definition) is 3. The minimum atomic E-state index is -4.18. The summed E-state index contributed by atoms with van der Waals surface area (Å²) in [6, 6.07) is 5.82. The van der Waals surface area contributed by atoms with E-state index in [1.165, 1.54) is 25.1 Å². The summed E-state index contributed by atoms with van der Waals surface area (Å²) in [6.45, 7) is 1.53. The Kier molecular flexibility index (Phi) is 4.20. The van der Waals surface area contributed by atoms with Crippen molar-refractivity contribution in [1.29, 1.82) is 0 Å². The maximum Gasteiger partial charge on any atom is 0.264 e. The zero-order valence-corrected chi connectivity index (χ0v) is 13.2. The summed E-state index contributed by atoms with van der Waals surface area (Å²) >= 11 is 2.90. The Morgan fingerprint density at radius 3 is 2.48 bits per heavy atom. The highest BCUT2D eigenvalue weighted by molar-refractivity contribution is 9.10. The molecule has 3 N–H and O–H groups in total. The largest absolute Gasteiger partial charge is 0.399 e. The van der Waals surface area contributed by atoms with Gasteiger partial charge in [0.05, 0.1) is 10.2 Å². The van der Waals surface area contributed by atoms with Gasteiger partial charge in [-0.25, -0.2) is 17.2 Å². The normalized spacial score (nSPS) is 11.4. The highest BCUT2D eigenvalue weighted by Crippen LogP contribution is 2.28. The summed E-state index contributed by atoms with van der Waals surface area (Å²) in [6.07, 6.45) is 0. The molecular weight excluding hydrogens is 366 g/mol. The number of rotatable bonds is 3. The SMILES string of the molecule is Cc1cc(F)ccc1NS(=O)(=O)c1cc(N)cc(Br)c1F. The van der Waals surface area contributed by atoms with E-state index in [1.807, 2.05) is 0 Å². The molecule has 0 aliphatic carbocycles. The van der Waals surface area contributed by atoms with Crippen LogP contribution in [-0.4, -0.2) is 8.42 Å². The van der Waals surface area contributed by atoms with E-state index in [4.69, 9.17) is 5.73 Å². The fourth-order valence-corrected chi connectivity index (χ4v) is 3.60. The van der Waals surface area contributed by atoms with Crippen molar-refractivity contribution in [3.63, 3.8) is 0 Å². The van der Waals surface area contributed by atoms with E-state index in [1.54, 1.807) is 0 Å². The number of anilines is 2. The van der Waals surface area contributed by atoms with Gasteiger partial charge in [-0.2, -0.15) is 0 Å². The van der Waals surface area contributed by atoms with Gasteiger partial charge in [-0.15, -0.1) is 0 Å². The molecule has 0 heterocycles. The number of nitrogens with two attached hydrogens (primary N) is 1. The monoisotopic (exact) mass is 376 g/mol. The van der Waals surface area contributed by atoms with Crippen LogP contribution in [0.25, 0.3) is 0 Å². The van der Waals surface area contributed by atoms with Gasteiger partial charge in [0.25, 0.3) is 10.0 Å². The summed E-state index contributed by atoms with van der Waals surface area (Å²) < 4.78 is 53.6. The molecule has 0 atom stereocenters. The Hall–Kier alpha value is -1.67. The van der Waals surface area contributed by atoms with E-state index < -0.39 is 26.6 Å². The zero-order valence-electron chi connectivity index (χ0n) is 10.8. The van der Waals surface area contributed by atoms with Gasteiger partial charge in [-0.05, 0) is 58.7 Å². The van der Waals surface area contributed by atoms with Crippen LogP contribution >= 0.6 is 15.9 Å². The first-order valence-corrected chi connectivity index (χ1v) is 8.02. The van der Waals surface area contributed by atoms with E-state index in [-0.39, 0.29) is 15.8 Å². The molecule has 0 amide bonds. The highest BCUT2D eigenvalue weighted by atomic mass is 79.9. The lowest BCUT2D eigenvalue weighted by Gasteiger charge is -2.12. The first kappa shape index (κ1) is 15.7. The molecule has 0 saturated carbocycles. The molecule has 21 heavy (non-hydrogen) atoms. The third-order valence-electron chi connectivity index (χ3n) is 2.74. The standard InChI is InChI=1S/C13H11BrF2N2O2S/c1-7-4-8(15)2-3-11(7)18-21(19,20)12-6-9(17)5-10(14)13(12)16/h2-6,18H,17H2,1H3. The van der Waals surface area contributed by atoms with E-state index in [0.29, 0.717) is 5.56 Å². The Morgan fingerprint density at radius 1 is 1.19 bits per heavy atom. The number of nitrogen functional groups attached to an aromatic ring is 1. The van der Waals surface area contributed by atoms with Crippen LogP contribution in [-0.2, 0) is 10.0 Å². The van der Waals surface area contributed by atoms with Gasteiger partial charge in [0.1, 0.15) is 10.7 Å². The summed E-state index contributed by atoms with van der Waals surface area (Å²) in [7, 11) is -4.18. The molecule has 8 heteroatoms. The molecule has 0 saturated heterocycles. The fraction of sp³-hybridized carbons (Fsp3) is 0.0769. The molecule has 0 aliphatic rings. The average molecular weight is 377 g/mol. The van der Waals surface area contributed by atoms with E-state index in [9.17, 15) is 17.2 Å². The average Bonchev–Trinajstić information content (AvgIpc) is 2.37. The third-order valence-corrected chi connectivity index (χ3v) is 4.68. The lowest BCUT2D eigenvalue weighted by atomic mass is 10.2. The Bertz CT molecular complexity index is 810. The maximum absolute atomic E-state index is 14.0. The first-order chi connectivity index (χ1) is 9.70. The molecule has 0 fully saturated rings. The summed E-state index contributed by atoms with van der Waals surface area (Å²) in [5.74, 6) is -1.44. The molecule has 112 valence electrons. The highest BCUT2D eigenvalue weighted by Gasteiger charge is 2.22. The van der Waals surface area contributed by atoms with Crippen LogP contribution in [0.15, 0.2) is 39.7 Å². The van der Waals surface area contributed by atoms with E-state index in [0.717, 1.165) is 12.1 Å². The number of benzene rings is 2. The maximum atomic E-state index is 14.0. The van der Waals surface area contributed by atoms with Gasteiger partial charge < -0.3 is 5.73 Å². The first-order valence-electron chi connectivity index (χ1n) is 5.74. The van der Waals surface area contributed by atoms with E-state index >= 15 is 0 Å². The molecule has 0 bridgehead atoms. The molecular formula is C13H11BrF2N2O2S. The van der Waals surface area contributed by atoms with Crippen LogP contribution in [0, 0.1) is 18.6 Å². The van der Waals surface area contributed by atoms with Gasteiger partial charge in [-0.3, -0.25) is 4.72 Å². The minimum absolute atomic E-state index is 0.0568. The summed E-state index contributed by atoms with van der Waals surface area (Å²) in [4.78, 5) is -0.585. The number of halogens is 3. The topological polar surface area (TPSA) is 72.2 Å². The lowest BCUT2D eigenvalue weighted by Crippen LogP contribution is -2.16.